The maximum Gasteiger partial charge on any atom is 0.237 e. The van der Waals surface area contributed by atoms with Gasteiger partial charge in [-0.25, -0.2) is 8.42 Å². The summed E-state index contributed by atoms with van der Waals surface area (Å²) in [6.07, 6.45) is 2.47. The molecule has 1 amide bonds. The van der Waals surface area contributed by atoms with Crippen molar-refractivity contribution in [3.05, 3.63) is 34.3 Å². The van der Waals surface area contributed by atoms with Crippen LogP contribution in [0, 0.1) is 0 Å². The van der Waals surface area contributed by atoms with Crippen molar-refractivity contribution in [3.8, 4) is 0 Å². The van der Waals surface area contributed by atoms with Gasteiger partial charge in [0.05, 0.1) is 24.2 Å². The Balaban J connectivity index is 1.65. The second-order valence-electron chi connectivity index (χ2n) is 7.50. The molecule has 2 aliphatic heterocycles. The molecule has 6 nitrogen and oxygen atoms in total. The molecule has 0 aliphatic carbocycles. The molecule has 2 unspecified atom stereocenters. The molecule has 2 heterocycles. The van der Waals surface area contributed by atoms with E-state index in [0.29, 0.717) is 19.5 Å². The number of benzene rings is 1. The van der Waals surface area contributed by atoms with Gasteiger partial charge in [-0.1, -0.05) is 34.1 Å². The number of carbonyl (C=O) groups is 1. The molecular formula is C19H27BrN2O4S. The van der Waals surface area contributed by atoms with Gasteiger partial charge in [0.15, 0.2) is 9.84 Å². The van der Waals surface area contributed by atoms with E-state index in [0.717, 1.165) is 29.5 Å². The highest BCUT2D eigenvalue weighted by molar-refractivity contribution is 9.10. The van der Waals surface area contributed by atoms with Crippen molar-refractivity contribution in [3.63, 3.8) is 0 Å². The van der Waals surface area contributed by atoms with Crippen LogP contribution in [0.25, 0.3) is 0 Å². The number of likely N-dealkylation sites (N-methyl/N-ethyl adjacent to an activating group) is 1. The molecule has 2 aliphatic rings. The summed E-state index contributed by atoms with van der Waals surface area (Å²) in [7, 11) is -1.14. The number of nitrogens with zero attached hydrogens (tertiary/aromatic N) is 2. The van der Waals surface area contributed by atoms with Gasteiger partial charge in [0.25, 0.3) is 0 Å². The van der Waals surface area contributed by atoms with E-state index in [1.54, 1.807) is 4.90 Å². The van der Waals surface area contributed by atoms with Crippen molar-refractivity contribution in [2.24, 2.45) is 0 Å². The summed E-state index contributed by atoms with van der Waals surface area (Å²) in [5.41, 5.74) is 1.11. The average Bonchev–Trinajstić information content (AvgIpc) is 3.23. The van der Waals surface area contributed by atoms with Gasteiger partial charge >= 0.3 is 0 Å². The van der Waals surface area contributed by atoms with E-state index < -0.39 is 9.84 Å². The SMILES string of the molecule is CN(CC(=O)N(CC1CCCO1)C1CCS(=O)(=O)C1)Cc1ccccc1Br. The molecule has 0 bridgehead atoms. The predicted octanol–water partition coefficient (Wildman–Crippen LogP) is 2.08. The van der Waals surface area contributed by atoms with Gasteiger partial charge in [-0.2, -0.15) is 0 Å². The van der Waals surface area contributed by atoms with Gasteiger partial charge in [-0.3, -0.25) is 9.69 Å². The molecule has 0 aromatic heterocycles. The van der Waals surface area contributed by atoms with Crippen LogP contribution >= 0.6 is 15.9 Å². The largest absolute Gasteiger partial charge is 0.376 e. The number of rotatable bonds is 7. The molecule has 0 saturated carbocycles. The lowest BCUT2D eigenvalue weighted by atomic mass is 10.1. The van der Waals surface area contributed by atoms with Crippen LogP contribution in [0.1, 0.15) is 24.8 Å². The first kappa shape index (κ1) is 20.8. The average molecular weight is 459 g/mol. The molecule has 3 rings (SSSR count). The molecule has 2 atom stereocenters. The lowest BCUT2D eigenvalue weighted by molar-refractivity contribution is -0.135. The second-order valence-corrected chi connectivity index (χ2v) is 10.6. The van der Waals surface area contributed by atoms with E-state index in [1.165, 1.54) is 0 Å². The standard InChI is InChI=1S/C19H27BrN2O4S/c1-21(11-15-5-2-3-7-18(15)20)13-19(23)22(12-17-6-4-9-26-17)16-8-10-27(24,25)14-16/h2-3,5,7,16-17H,4,6,8-14H2,1H3. The van der Waals surface area contributed by atoms with Crippen LogP contribution in [0.5, 0.6) is 0 Å². The molecular weight excluding hydrogens is 432 g/mol. The third-order valence-corrected chi connectivity index (χ3v) is 7.72. The predicted molar refractivity (Wildman–Crippen MR) is 108 cm³/mol. The van der Waals surface area contributed by atoms with E-state index in [1.807, 2.05) is 36.2 Å². The van der Waals surface area contributed by atoms with Crippen molar-refractivity contribution in [2.45, 2.75) is 38.0 Å². The van der Waals surface area contributed by atoms with Crippen LogP contribution in [0.2, 0.25) is 0 Å². The smallest absolute Gasteiger partial charge is 0.237 e. The zero-order valence-electron chi connectivity index (χ0n) is 15.6. The molecule has 1 aromatic carbocycles. The van der Waals surface area contributed by atoms with Crippen LogP contribution < -0.4 is 0 Å². The van der Waals surface area contributed by atoms with E-state index >= 15 is 0 Å². The van der Waals surface area contributed by atoms with E-state index in [9.17, 15) is 13.2 Å². The highest BCUT2D eigenvalue weighted by Gasteiger charge is 2.36. The zero-order chi connectivity index (χ0) is 19.4. The summed E-state index contributed by atoms with van der Waals surface area (Å²) in [6.45, 7) is 2.11. The Morgan fingerprint density at radius 3 is 2.70 bits per heavy atom. The van der Waals surface area contributed by atoms with E-state index in [2.05, 4.69) is 15.9 Å². The molecule has 0 spiro atoms. The van der Waals surface area contributed by atoms with Gasteiger partial charge in [-0.15, -0.1) is 0 Å². The summed E-state index contributed by atoms with van der Waals surface area (Å²) in [4.78, 5) is 16.8. The molecule has 0 radical (unpaired) electrons. The first-order chi connectivity index (χ1) is 12.8. The van der Waals surface area contributed by atoms with Gasteiger partial charge < -0.3 is 9.64 Å². The number of amides is 1. The summed E-state index contributed by atoms with van der Waals surface area (Å²) < 4.78 is 30.6. The van der Waals surface area contributed by atoms with E-state index in [-0.39, 0.29) is 36.1 Å². The topological polar surface area (TPSA) is 66.9 Å². The third-order valence-electron chi connectivity index (χ3n) is 5.20. The number of sulfone groups is 1. The van der Waals surface area contributed by atoms with Crippen molar-refractivity contribution in [1.29, 1.82) is 0 Å². The van der Waals surface area contributed by atoms with Crippen molar-refractivity contribution in [1.82, 2.24) is 9.80 Å². The molecule has 2 saturated heterocycles. The van der Waals surface area contributed by atoms with Gasteiger partial charge in [0.2, 0.25) is 5.91 Å². The van der Waals surface area contributed by atoms with Gasteiger partial charge in [0.1, 0.15) is 0 Å². The number of hydrogen-bond acceptors (Lipinski definition) is 5. The molecule has 1 aromatic rings. The molecule has 8 heteroatoms. The number of halogens is 1. The van der Waals surface area contributed by atoms with Crippen LogP contribution in [0.4, 0.5) is 0 Å². The summed E-state index contributed by atoms with van der Waals surface area (Å²) in [5, 5.41) is 0. The third kappa shape index (κ3) is 5.76. The Morgan fingerprint density at radius 2 is 2.07 bits per heavy atom. The summed E-state index contributed by atoms with van der Waals surface area (Å²) in [6, 6.07) is 7.71. The maximum atomic E-state index is 13.0. The van der Waals surface area contributed by atoms with Crippen molar-refractivity contribution in [2.75, 3.05) is 38.2 Å². The van der Waals surface area contributed by atoms with Crippen molar-refractivity contribution >= 4 is 31.7 Å². The fraction of sp³-hybridized carbons (Fsp3) is 0.632. The summed E-state index contributed by atoms with van der Waals surface area (Å²) in [5.74, 6) is 0.210. The van der Waals surface area contributed by atoms with Crippen LogP contribution in [-0.2, 0) is 25.9 Å². The van der Waals surface area contributed by atoms with Crippen LogP contribution in [0.3, 0.4) is 0 Å². The Kier molecular flexibility index (Phi) is 6.94. The minimum atomic E-state index is -3.04. The van der Waals surface area contributed by atoms with Crippen LogP contribution in [-0.4, -0.2) is 74.5 Å². The van der Waals surface area contributed by atoms with Crippen molar-refractivity contribution < 1.29 is 17.9 Å². The number of hydrogen-bond donors (Lipinski definition) is 0. The second kappa shape index (κ2) is 9.03. The zero-order valence-corrected chi connectivity index (χ0v) is 18.0. The fourth-order valence-corrected chi connectivity index (χ4v) is 5.92. The number of ether oxygens (including phenoxy) is 1. The van der Waals surface area contributed by atoms with Gasteiger partial charge in [-0.05, 0) is 37.9 Å². The Labute approximate surface area is 169 Å². The molecule has 27 heavy (non-hydrogen) atoms. The Hall–Kier alpha value is -0.960. The first-order valence-corrected chi connectivity index (χ1v) is 12.0. The normalized spacial score (nSPS) is 24.4. The highest BCUT2D eigenvalue weighted by Crippen LogP contribution is 2.22. The van der Waals surface area contributed by atoms with Gasteiger partial charge in [0, 0.05) is 30.2 Å². The number of carbonyl (C=O) groups excluding carboxylic acids is 1. The quantitative estimate of drug-likeness (QED) is 0.625. The molecule has 150 valence electrons. The monoisotopic (exact) mass is 458 g/mol. The highest BCUT2D eigenvalue weighted by atomic mass is 79.9. The Morgan fingerprint density at radius 1 is 1.30 bits per heavy atom. The lowest BCUT2D eigenvalue weighted by Gasteiger charge is -2.32. The lowest BCUT2D eigenvalue weighted by Crippen LogP contribution is -2.48. The fourth-order valence-electron chi connectivity index (χ4n) is 3.78. The molecule has 0 N–H and O–H groups in total. The maximum absolute atomic E-state index is 13.0. The molecule has 2 fully saturated rings. The minimum Gasteiger partial charge on any atom is -0.376 e. The van der Waals surface area contributed by atoms with Crippen LogP contribution in [0.15, 0.2) is 28.7 Å². The van der Waals surface area contributed by atoms with E-state index in [4.69, 9.17) is 4.74 Å². The Bertz CT molecular complexity index is 765. The first-order valence-electron chi connectivity index (χ1n) is 9.37. The summed E-state index contributed by atoms with van der Waals surface area (Å²) >= 11 is 3.54. The minimum absolute atomic E-state index is 0.0193.